The van der Waals surface area contributed by atoms with Crippen LogP contribution in [0.4, 0.5) is 24.5 Å². The molecular formula is C15H12F3N3. The number of benzene rings is 2. The molecule has 0 amide bonds. The predicted octanol–water partition coefficient (Wildman–Crippen LogP) is 3.77. The minimum Gasteiger partial charge on any atom is -0.398 e. The summed E-state index contributed by atoms with van der Waals surface area (Å²) < 4.78 is 38.0. The van der Waals surface area contributed by atoms with Crippen molar-refractivity contribution in [1.29, 1.82) is 5.26 Å². The van der Waals surface area contributed by atoms with E-state index >= 15 is 0 Å². The van der Waals surface area contributed by atoms with E-state index in [1.54, 1.807) is 18.2 Å². The van der Waals surface area contributed by atoms with E-state index in [-0.39, 0.29) is 0 Å². The molecule has 0 bridgehead atoms. The van der Waals surface area contributed by atoms with Crippen molar-refractivity contribution in [2.45, 2.75) is 12.7 Å². The monoisotopic (exact) mass is 291 g/mol. The number of anilines is 2. The molecule has 0 radical (unpaired) electrons. The molecule has 0 fully saturated rings. The topological polar surface area (TPSA) is 61.8 Å². The number of nitrogens with zero attached hydrogens (tertiary/aromatic N) is 1. The molecule has 0 aromatic heterocycles. The molecule has 0 aliphatic rings. The van der Waals surface area contributed by atoms with Crippen molar-refractivity contribution >= 4 is 11.4 Å². The maximum Gasteiger partial charge on any atom is 0.417 e. The maximum atomic E-state index is 12.7. The average molecular weight is 291 g/mol. The summed E-state index contributed by atoms with van der Waals surface area (Å²) >= 11 is 0. The van der Waals surface area contributed by atoms with Crippen molar-refractivity contribution in [3.05, 3.63) is 59.2 Å². The van der Waals surface area contributed by atoms with Crippen LogP contribution in [0.3, 0.4) is 0 Å². The molecule has 3 N–H and O–H groups in total. The summed E-state index contributed by atoms with van der Waals surface area (Å²) in [5.41, 5.74) is 6.29. The molecule has 6 heteroatoms. The molecule has 0 saturated carbocycles. The molecule has 0 aliphatic carbocycles. The summed E-state index contributed by atoms with van der Waals surface area (Å²) in [6.45, 7) is 0.364. The molecule has 108 valence electrons. The van der Waals surface area contributed by atoms with Crippen LogP contribution in [0.2, 0.25) is 0 Å². The Balaban J connectivity index is 2.19. The first-order chi connectivity index (χ1) is 9.91. The van der Waals surface area contributed by atoms with Gasteiger partial charge in [-0.15, -0.1) is 0 Å². The molecular weight excluding hydrogens is 279 g/mol. The Kier molecular flexibility index (Phi) is 4.03. The summed E-state index contributed by atoms with van der Waals surface area (Å²) in [5, 5.41) is 11.8. The lowest BCUT2D eigenvalue weighted by Gasteiger charge is -2.12. The number of rotatable bonds is 3. The fraction of sp³-hybridized carbons (Fsp3) is 0.133. The third-order valence-corrected chi connectivity index (χ3v) is 2.98. The molecule has 2 aromatic carbocycles. The largest absolute Gasteiger partial charge is 0.417 e. The Morgan fingerprint density at radius 3 is 2.48 bits per heavy atom. The molecule has 0 heterocycles. The highest BCUT2D eigenvalue weighted by atomic mass is 19.4. The second-order valence-corrected chi connectivity index (χ2v) is 4.42. The van der Waals surface area contributed by atoms with Crippen molar-refractivity contribution in [3.63, 3.8) is 0 Å². The van der Waals surface area contributed by atoms with Crippen LogP contribution in [0.15, 0.2) is 42.5 Å². The average Bonchev–Trinajstić information content (AvgIpc) is 2.45. The molecule has 0 saturated heterocycles. The van der Waals surface area contributed by atoms with Gasteiger partial charge < -0.3 is 11.1 Å². The van der Waals surface area contributed by atoms with Gasteiger partial charge in [-0.2, -0.15) is 18.4 Å². The van der Waals surface area contributed by atoms with Gasteiger partial charge in [-0.1, -0.05) is 18.2 Å². The summed E-state index contributed by atoms with van der Waals surface area (Å²) in [6, 6.07) is 12.1. The zero-order valence-electron chi connectivity index (χ0n) is 10.9. The lowest BCUT2D eigenvalue weighted by Crippen LogP contribution is -2.09. The minimum absolute atomic E-state index is 0.364. The van der Waals surface area contributed by atoms with Gasteiger partial charge in [-0.25, -0.2) is 0 Å². The van der Waals surface area contributed by atoms with Crippen molar-refractivity contribution in [2.75, 3.05) is 11.1 Å². The maximum absolute atomic E-state index is 12.7. The first kappa shape index (κ1) is 14.7. The Morgan fingerprint density at radius 1 is 1.14 bits per heavy atom. The highest BCUT2D eigenvalue weighted by Gasteiger charge is 2.33. The Labute approximate surface area is 119 Å². The third-order valence-electron chi connectivity index (χ3n) is 2.98. The van der Waals surface area contributed by atoms with Crippen LogP contribution in [0.1, 0.15) is 16.7 Å². The van der Waals surface area contributed by atoms with Gasteiger partial charge in [-0.05, 0) is 29.8 Å². The fourth-order valence-electron chi connectivity index (χ4n) is 1.89. The van der Waals surface area contributed by atoms with Gasteiger partial charge in [0, 0.05) is 17.9 Å². The van der Waals surface area contributed by atoms with Crippen molar-refractivity contribution in [3.8, 4) is 6.07 Å². The van der Waals surface area contributed by atoms with Crippen LogP contribution in [0.5, 0.6) is 0 Å². The number of nitrogen functional groups attached to an aromatic ring is 1. The molecule has 0 atom stereocenters. The Morgan fingerprint density at radius 2 is 1.86 bits per heavy atom. The van der Waals surface area contributed by atoms with Gasteiger partial charge in [0.25, 0.3) is 0 Å². The van der Waals surface area contributed by atoms with Crippen LogP contribution in [-0.4, -0.2) is 0 Å². The summed E-state index contributed by atoms with van der Waals surface area (Å²) in [5.74, 6) is 0. The van der Waals surface area contributed by atoms with Crippen LogP contribution in [0.25, 0.3) is 0 Å². The van der Waals surface area contributed by atoms with Crippen LogP contribution in [-0.2, 0) is 12.7 Å². The first-order valence-electron chi connectivity index (χ1n) is 6.10. The number of hydrogen-bond acceptors (Lipinski definition) is 3. The van der Waals surface area contributed by atoms with E-state index in [0.29, 0.717) is 17.9 Å². The summed E-state index contributed by atoms with van der Waals surface area (Å²) in [6.07, 6.45) is -4.53. The summed E-state index contributed by atoms with van der Waals surface area (Å²) in [4.78, 5) is 0. The normalized spacial score (nSPS) is 11.0. The van der Waals surface area contributed by atoms with Gasteiger partial charge in [0.1, 0.15) is 0 Å². The zero-order valence-corrected chi connectivity index (χ0v) is 10.9. The van der Waals surface area contributed by atoms with Crippen LogP contribution < -0.4 is 11.1 Å². The molecule has 3 nitrogen and oxygen atoms in total. The standard InChI is InChI=1S/C15H12F3N3/c16-15(17,18)13-6-5-12(7-11(13)8-19)21-9-10-3-1-2-4-14(10)20/h1-7,21H,9,20H2. The predicted molar refractivity (Wildman–Crippen MR) is 74.3 cm³/mol. The third kappa shape index (κ3) is 3.45. The fourth-order valence-corrected chi connectivity index (χ4v) is 1.89. The van der Waals surface area contributed by atoms with E-state index in [0.717, 1.165) is 11.6 Å². The number of nitrogens with one attached hydrogen (secondary N) is 1. The number of alkyl halides is 3. The lowest BCUT2D eigenvalue weighted by molar-refractivity contribution is -0.137. The van der Waals surface area contributed by atoms with E-state index in [2.05, 4.69) is 5.32 Å². The second kappa shape index (κ2) is 5.75. The SMILES string of the molecule is N#Cc1cc(NCc2ccccc2N)ccc1C(F)(F)F. The molecule has 0 spiro atoms. The zero-order chi connectivity index (χ0) is 15.5. The van der Waals surface area contributed by atoms with E-state index in [1.165, 1.54) is 12.1 Å². The van der Waals surface area contributed by atoms with Crippen molar-refractivity contribution < 1.29 is 13.2 Å². The van der Waals surface area contributed by atoms with Gasteiger partial charge in [0.05, 0.1) is 17.2 Å². The van der Waals surface area contributed by atoms with Gasteiger partial charge in [0.15, 0.2) is 0 Å². The number of para-hydroxylation sites is 1. The quantitative estimate of drug-likeness (QED) is 0.846. The van der Waals surface area contributed by atoms with Crippen molar-refractivity contribution in [1.82, 2.24) is 0 Å². The molecule has 0 unspecified atom stereocenters. The number of nitriles is 1. The molecule has 0 aliphatic heterocycles. The van der Waals surface area contributed by atoms with E-state index in [9.17, 15) is 13.2 Å². The van der Waals surface area contributed by atoms with E-state index in [4.69, 9.17) is 11.0 Å². The molecule has 2 rings (SSSR count). The number of halogens is 3. The second-order valence-electron chi connectivity index (χ2n) is 4.42. The highest BCUT2D eigenvalue weighted by Crippen LogP contribution is 2.33. The first-order valence-corrected chi connectivity index (χ1v) is 6.10. The Hall–Kier alpha value is -2.68. The van der Waals surface area contributed by atoms with E-state index < -0.39 is 17.3 Å². The minimum atomic E-state index is -4.53. The van der Waals surface area contributed by atoms with Crippen molar-refractivity contribution in [2.24, 2.45) is 0 Å². The van der Waals surface area contributed by atoms with Crippen LogP contribution >= 0.6 is 0 Å². The van der Waals surface area contributed by atoms with E-state index in [1.807, 2.05) is 12.1 Å². The van der Waals surface area contributed by atoms with Gasteiger partial charge >= 0.3 is 6.18 Å². The molecule has 2 aromatic rings. The smallest absolute Gasteiger partial charge is 0.398 e. The van der Waals surface area contributed by atoms with Gasteiger partial charge in [-0.3, -0.25) is 0 Å². The van der Waals surface area contributed by atoms with Crippen LogP contribution in [0, 0.1) is 11.3 Å². The van der Waals surface area contributed by atoms with Gasteiger partial charge in [0.2, 0.25) is 0 Å². The molecule has 21 heavy (non-hydrogen) atoms. The summed E-state index contributed by atoms with van der Waals surface area (Å²) in [7, 11) is 0. The Bertz CT molecular complexity index is 687. The highest BCUT2D eigenvalue weighted by molar-refractivity contribution is 5.55. The lowest BCUT2D eigenvalue weighted by atomic mass is 10.1. The number of hydrogen-bond donors (Lipinski definition) is 2. The number of nitrogens with two attached hydrogens (primary N) is 1.